The second-order valence-electron chi connectivity index (χ2n) is 4.17. The fourth-order valence-electron chi connectivity index (χ4n) is 2.33. The van der Waals surface area contributed by atoms with Gasteiger partial charge in [0.1, 0.15) is 0 Å². The lowest BCUT2D eigenvalue weighted by atomic mass is 10.2. The van der Waals surface area contributed by atoms with Crippen LogP contribution < -0.4 is 0 Å². The van der Waals surface area contributed by atoms with E-state index in [1.165, 1.54) is 24.2 Å². The molecule has 0 aliphatic heterocycles. The fraction of sp³-hybridized carbons (Fsp3) is 0.583. The molecule has 1 aliphatic rings. The monoisotopic (exact) mass is 239 g/mol. The minimum absolute atomic E-state index is 0.0480. The first kappa shape index (κ1) is 11.6. The fourth-order valence-corrected chi connectivity index (χ4v) is 2.96. The van der Waals surface area contributed by atoms with Crippen LogP contribution in [0.25, 0.3) is 0 Å². The number of aliphatic hydroxyl groups excluding tert-OH is 1. The second-order valence-corrected chi connectivity index (χ2v) is 4.95. The molecule has 2 rings (SSSR count). The highest BCUT2D eigenvalue weighted by atomic mass is 32.1. The molecule has 4 heteroatoms. The van der Waals surface area contributed by atoms with Gasteiger partial charge < -0.3 is 10.0 Å². The molecule has 0 spiro atoms. The number of hydrogen-bond acceptors (Lipinski definition) is 3. The molecule has 1 aliphatic carbocycles. The van der Waals surface area contributed by atoms with Crippen LogP contribution >= 0.6 is 11.3 Å². The van der Waals surface area contributed by atoms with Crippen molar-refractivity contribution in [1.29, 1.82) is 0 Å². The summed E-state index contributed by atoms with van der Waals surface area (Å²) in [6.07, 6.45) is 4.55. The van der Waals surface area contributed by atoms with Crippen LogP contribution in [0.15, 0.2) is 16.8 Å². The summed E-state index contributed by atoms with van der Waals surface area (Å²) >= 11 is 1.54. The van der Waals surface area contributed by atoms with Gasteiger partial charge in [-0.3, -0.25) is 4.79 Å². The van der Waals surface area contributed by atoms with Crippen molar-refractivity contribution >= 4 is 17.2 Å². The van der Waals surface area contributed by atoms with E-state index in [0.29, 0.717) is 12.6 Å². The molecule has 1 N–H and O–H groups in total. The molecule has 1 fully saturated rings. The smallest absolute Gasteiger partial charge is 0.255 e. The first-order valence-corrected chi connectivity index (χ1v) is 6.71. The van der Waals surface area contributed by atoms with Crippen molar-refractivity contribution < 1.29 is 9.90 Å². The van der Waals surface area contributed by atoms with Gasteiger partial charge in [0.15, 0.2) is 0 Å². The lowest BCUT2D eigenvalue weighted by Crippen LogP contribution is -2.40. The van der Waals surface area contributed by atoms with Crippen molar-refractivity contribution in [3.8, 4) is 0 Å². The zero-order valence-corrected chi connectivity index (χ0v) is 10.1. The summed E-state index contributed by atoms with van der Waals surface area (Å²) in [6.45, 7) is 0.506. The molecule has 0 atom stereocenters. The van der Waals surface area contributed by atoms with E-state index >= 15 is 0 Å². The molecular weight excluding hydrogens is 222 g/mol. The van der Waals surface area contributed by atoms with E-state index in [0.717, 1.165) is 18.4 Å². The minimum Gasteiger partial charge on any atom is -0.395 e. The Labute approximate surface area is 99.7 Å². The van der Waals surface area contributed by atoms with Gasteiger partial charge in [-0.1, -0.05) is 12.8 Å². The number of carbonyl (C=O) groups excluding carboxylic acids is 1. The average Bonchev–Trinajstić information content (AvgIpc) is 2.96. The zero-order chi connectivity index (χ0) is 11.4. The summed E-state index contributed by atoms with van der Waals surface area (Å²) in [7, 11) is 0. The van der Waals surface area contributed by atoms with Gasteiger partial charge in [-0.15, -0.1) is 0 Å². The average molecular weight is 239 g/mol. The molecule has 0 aromatic carbocycles. The standard InChI is InChI=1S/C12H17NO2S/c14-7-6-13(11-3-1-2-4-11)12(15)10-5-8-16-9-10/h5,8-9,11,14H,1-4,6-7H2. The van der Waals surface area contributed by atoms with Crippen LogP contribution in [0.2, 0.25) is 0 Å². The van der Waals surface area contributed by atoms with Crippen LogP contribution in [0, 0.1) is 0 Å². The highest BCUT2D eigenvalue weighted by Crippen LogP contribution is 2.25. The minimum atomic E-state index is 0.0480. The Hall–Kier alpha value is -0.870. The van der Waals surface area contributed by atoms with Crippen molar-refractivity contribution in [2.45, 2.75) is 31.7 Å². The molecule has 16 heavy (non-hydrogen) atoms. The normalized spacial score (nSPS) is 16.6. The lowest BCUT2D eigenvalue weighted by Gasteiger charge is -2.28. The third-order valence-electron chi connectivity index (χ3n) is 3.14. The maximum absolute atomic E-state index is 12.2. The van der Waals surface area contributed by atoms with E-state index in [9.17, 15) is 4.79 Å². The van der Waals surface area contributed by atoms with Crippen molar-refractivity contribution in [1.82, 2.24) is 4.90 Å². The molecule has 1 heterocycles. The quantitative estimate of drug-likeness (QED) is 0.874. The number of rotatable bonds is 4. The topological polar surface area (TPSA) is 40.5 Å². The van der Waals surface area contributed by atoms with Crippen molar-refractivity contribution in [2.24, 2.45) is 0 Å². The molecule has 1 saturated carbocycles. The first-order chi connectivity index (χ1) is 7.83. The van der Waals surface area contributed by atoms with Crippen LogP contribution in [0.1, 0.15) is 36.0 Å². The molecule has 0 radical (unpaired) electrons. The van der Waals surface area contributed by atoms with Crippen LogP contribution in [0.5, 0.6) is 0 Å². The Balaban J connectivity index is 2.09. The van der Waals surface area contributed by atoms with Crippen LogP contribution in [0.3, 0.4) is 0 Å². The largest absolute Gasteiger partial charge is 0.395 e. The Morgan fingerprint density at radius 2 is 2.25 bits per heavy atom. The summed E-state index contributed by atoms with van der Waals surface area (Å²) in [5, 5.41) is 12.8. The number of hydrogen-bond donors (Lipinski definition) is 1. The molecule has 3 nitrogen and oxygen atoms in total. The van der Waals surface area contributed by atoms with Gasteiger partial charge in [-0.25, -0.2) is 0 Å². The molecule has 0 bridgehead atoms. The van der Waals surface area contributed by atoms with Gasteiger partial charge in [0.05, 0.1) is 12.2 Å². The number of thiophene rings is 1. The number of carbonyl (C=O) groups is 1. The Kier molecular flexibility index (Phi) is 3.96. The van der Waals surface area contributed by atoms with Gasteiger partial charge in [-0.05, 0) is 24.3 Å². The van der Waals surface area contributed by atoms with Gasteiger partial charge in [0, 0.05) is 18.0 Å². The van der Waals surface area contributed by atoms with Crippen LogP contribution in [-0.4, -0.2) is 35.1 Å². The van der Waals surface area contributed by atoms with E-state index < -0.39 is 0 Å². The maximum Gasteiger partial charge on any atom is 0.255 e. The third-order valence-corrected chi connectivity index (χ3v) is 3.82. The van der Waals surface area contributed by atoms with Crippen molar-refractivity contribution in [2.75, 3.05) is 13.2 Å². The number of nitrogens with zero attached hydrogens (tertiary/aromatic N) is 1. The summed E-state index contributed by atoms with van der Waals surface area (Å²) in [5.74, 6) is 0.0715. The molecule has 88 valence electrons. The van der Waals surface area contributed by atoms with Gasteiger partial charge in [0.25, 0.3) is 5.91 Å². The molecule has 1 aromatic heterocycles. The predicted molar refractivity (Wildman–Crippen MR) is 64.7 cm³/mol. The number of amides is 1. The van der Waals surface area contributed by atoms with Gasteiger partial charge in [-0.2, -0.15) is 11.3 Å². The highest BCUT2D eigenvalue weighted by Gasteiger charge is 2.26. The third kappa shape index (κ3) is 2.44. The van der Waals surface area contributed by atoms with Gasteiger partial charge in [0.2, 0.25) is 0 Å². The van der Waals surface area contributed by atoms with E-state index in [4.69, 9.17) is 5.11 Å². The van der Waals surface area contributed by atoms with Gasteiger partial charge >= 0.3 is 0 Å². The summed E-state index contributed by atoms with van der Waals surface area (Å²) < 4.78 is 0. The predicted octanol–water partition coefficient (Wildman–Crippen LogP) is 2.13. The van der Waals surface area contributed by atoms with Crippen molar-refractivity contribution in [3.05, 3.63) is 22.4 Å². The molecule has 0 unspecified atom stereocenters. The van der Waals surface area contributed by atoms with E-state index in [1.807, 2.05) is 21.7 Å². The summed E-state index contributed by atoms with van der Waals surface area (Å²) in [6, 6.07) is 2.19. The molecule has 1 aromatic rings. The maximum atomic E-state index is 12.2. The Morgan fingerprint density at radius 1 is 1.50 bits per heavy atom. The van der Waals surface area contributed by atoms with E-state index in [-0.39, 0.29) is 12.5 Å². The van der Waals surface area contributed by atoms with Crippen LogP contribution in [0.4, 0.5) is 0 Å². The first-order valence-electron chi connectivity index (χ1n) is 5.77. The van der Waals surface area contributed by atoms with Crippen LogP contribution in [-0.2, 0) is 0 Å². The summed E-state index contributed by atoms with van der Waals surface area (Å²) in [4.78, 5) is 14.0. The Bertz CT molecular complexity index is 331. The SMILES string of the molecule is O=C(c1ccsc1)N(CCO)C1CCCC1. The van der Waals surface area contributed by atoms with E-state index in [2.05, 4.69) is 0 Å². The number of aliphatic hydroxyl groups is 1. The molecular formula is C12H17NO2S. The second kappa shape index (κ2) is 5.46. The lowest BCUT2D eigenvalue weighted by molar-refractivity contribution is 0.0638. The highest BCUT2D eigenvalue weighted by molar-refractivity contribution is 7.08. The molecule has 1 amide bonds. The zero-order valence-electron chi connectivity index (χ0n) is 9.26. The molecule has 0 saturated heterocycles. The van der Waals surface area contributed by atoms with Crippen molar-refractivity contribution in [3.63, 3.8) is 0 Å². The van der Waals surface area contributed by atoms with E-state index in [1.54, 1.807) is 0 Å². The summed E-state index contributed by atoms with van der Waals surface area (Å²) in [5.41, 5.74) is 0.755. The Morgan fingerprint density at radius 3 is 2.81 bits per heavy atom.